The zero-order valence-corrected chi connectivity index (χ0v) is 14.4. The molecule has 0 fully saturated rings. The van der Waals surface area contributed by atoms with Crippen molar-refractivity contribution in [3.05, 3.63) is 71.0 Å². The number of carbonyl (C=O) groups is 1. The van der Waals surface area contributed by atoms with Gasteiger partial charge in [0, 0.05) is 11.1 Å². The van der Waals surface area contributed by atoms with E-state index in [4.69, 9.17) is 0 Å². The first-order valence-electron chi connectivity index (χ1n) is 7.79. The van der Waals surface area contributed by atoms with Gasteiger partial charge in [0.15, 0.2) is 0 Å². The molecule has 3 heteroatoms. The molecule has 0 heterocycles. The number of amides is 1. The highest BCUT2D eigenvalue weighted by Crippen LogP contribution is 2.25. The molecule has 0 aliphatic rings. The molecule has 0 radical (unpaired) electrons. The topological polar surface area (TPSA) is 29.1 Å². The Morgan fingerprint density at radius 2 is 1.48 bits per heavy atom. The number of hydrogen-bond donors (Lipinski definition) is 1. The van der Waals surface area contributed by atoms with Gasteiger partial charge in [-0.2, -0.15) is 0 Å². The molecule has 2 aromatic carbocycles. The van der Waals surface area contributed by atoms with E-state index < -0.39 is 5.54 Å². The Balaban J connectivity index is 2.20. The van der Waals surface area contributed by atoms with Crippen LogP contribution in [0.5, 0.6) is 0 Å². The van der Waals surface area contributed by atoms with Crippen molar-refractivity contribution < 1.29 is 9.18 Å². The lowest BCUT2D eigenvalue weighted by molar-refractivity contribution is 0.0910. The second-order valence-corrected chi connectivity index (χ2v) is 7.39. The molecule has 1 amide bonds. The number of benzene rings is 2. The van der Waals surface area contributed by atoms with Gasteiger partial charge in [-0.15, -0.1) is 0 Å². The lowest BCUT2D eigenvalue weighted by Gasteiger charge is -2.27. The first-order chi connectivity index (χ1) is 10.6. The summed E-state index contributed by atoms with van der Waals surface area (Å²) in [6, 6.07) is 14.1. The van der Waals surface area contributed by atoms with Crippen molar-refractivity contribution in [1.29, 1.82) is 0 Å². The summed E-state index contributed by atoms with van der Waals surface area (Å²) in [7, 11) is 0. The molecule has 2 aromatic rings. The average molecular weight is 313 g/mol. The molecule has 0 aliphatic heterocycles. The SMILES string of the molecule is CC(C)(C)c1ccc(C(=O)NC(C)(C)c2ccccc2F)cc1. The minimum Gasteiger partial charge on any atom is -0.343 e. The smallest absolute Gasteiger partial charge is 0.251 e. The van der Waals surface area contributed by atoms with Crippen molar-refractivity contribution in [1.82, 2.24) is 5.32 Å². The summed E-state index contributed by atoms with van der Waals surface area (Å²) >= 11 is 0. The van der Waals surface area contributed by atoms with E-state index in [0.29, 0.717) is 11.1 Å². The van der Waals surface area contributed by atoms with E-state index in [0.717, 1.165) is 0 Å². The third-order valence-corrected chi connectivity index (χ3v) is 3.99. The molecule has 0 aromatic heterocycles. The third kappa shape index (κ3) is 3.98. The lowest BCUT2D eigenvalue weighted by atomic mass is 9.86. The van der Waals surface area contributed by atoms with Crippen molar-refractivity contribution in [3.63, 3.8) is 0 Å². The molecule has 0 saturated carbocycles. The van der Waals surface area contributed by atoms with Crippen molar-refractivity contribution >= 4 is 5.91 Å². The quantitative estimate of drug-likeness (QED) is 0.867. The van der Waals surface area contributed by atoms with E-state index in [-0.39, 0.29) is 17.1 Å². The fourth-order valence-corrected chi connectivity index (χ4v) is 2.51. The monoisotopic (exact) mass is 313 g/mol. The molecule has 0 spiro atoms. The fourth-order valence-electron chi connectivity index (χ4n) is 2.51. The van der Waals surface area contributed by atoms with E-state index in [1.807, 2.05) is 24.3 Å². The van der Waals surface area contributed by atoms with Gasteiger partial charge in [0.25, 0.3) is 5.91 Å². The van der Waals surface area contributed by atoms with Gasteiger partial charge in [-0.05, 0) is 43.0 Å². The Morgan fingerprint density at radius 1 is 0.913 bits per heavy atom. The molecule has 0 saturated heterocycles. The molecule has 122 valence electrons. The van der Waals surface area contributed by atoms with E-state index in [2.05, 4.69) is 26.1 Å². The minimum atomic E-state index is -0.787. The molecular formula is C20H24FNO. The van der Waals surface area contributed by atoms with E-state index in [1.54, 1.807) is 32.0 Å². The number of hydrogen-bond acceptors (Lipinski definition) is 1. The molecule has 0 bridgehead atoms. The summed E-state index contributed by atoms with van der Waals surface area (Å²) in [6.07, 6.45) is 0. The Kier molecular flexibility index (Phi) is 4.60. The summed E-state index contributed by atoms with van der Waals surface area (Å²) < 4.78 is 14.0. The van der Waals surface area contributed by atoms with E-state index in [9.17, 15) is 9.18 Å². The third-order valence-electron chi connectivity index (χ3n) is 3.99. The van der Waals surface area contributed by atoms with Crippen LogP contribution in [0.15, 0.2) is 48.5 Å². The number of nitrogens with one attached hydrogen (secondary N) is 1. The predicted octanol–water partition coefficient (Wildman–Crippen LogP) is 4.79. The number of halogens is 1. The van der Waals surface area contributed by atoms with Crippen molar-refractivity contribution in [2.45, 2.75) is 45.6 Å². The number of carbonyl (C=O) groups excluding carboxylic acids is 1. The first kappa shape index (κ1) is 17.2. The van der Waals surface area contributed by atoms with Gasteiger partial charge >= 0.3 is 0 Å². The maximum atomic E-state index is 14.0. The summed E-state index contributed by atoms with van der Waals surface area (Å²) in [6.45, 7) is 9.98. The van der Waals surface area contributed by atoms with Gasteiger partial charge in [-0.25, -0.2) is 4.39 Å². The van der Waals surface area contributed by atoms with Crippen LogP contribution in [-0.4, -0.2) is 5.91 Å². The van der Waals surface area contributed by atoms with Crippen LogP contribution in [0.25, 0.3) is 0 Å². The molecule has 0 aliphatic carbocycles. The highest BCUT2D eigenvalue weighted by atomic mass is 19.1. The van der Waals surface area contributed by atoms with Gasteiger partial charge in [-0.3, -0.25) is 4.79 Å². The van der Waals surface area contributed by atoms with Crippen molar-refractivity contribution in [2.24, 2.45) is 0 Å². The first-order valence-corrected chi connectivity index (χ1v) is 7.79. The predicted molar refractivity (Wildman–Crippen MR) is 92.0 cm³/mol. The summed E-state index contributed by atoms with van der Waals surface area (Å²) in [5, 5.41) is 2.91. The fraction of sp³-hybridized carbons (Fsp3) is 0.350. The van der Waals surface area contributed by atoms with E-state index in [1.165, 1.54) is 11.6 Å². The largest absolute Gasteiger partial charge is 0.343 e. The van der Waals surface area contributed by atoms with Crippen LogP contribution in [-0.2, 0) is 11.0 Å². The van der Waals surface area contributed by atoms with Gasteiger partial charge in [-0.1, -0.05) is 51.1 Å². The maximum absolute atomic E-state index is 14.0. The summed E-state index contributed by atoms with van der Waals surface area (Å²) in [4.78, 5) is 12.5. The zero-order valence-electron chi connectivity index (χ0n) is 14.4. The van der Waals surface area contributed by atoms with Crippen LogP contribution in [0.2, 0.25) is 0 Å². The van der Waals surface area contributed by atoms with Gasteiger partial charge < -0.3 is 5.32 Å². The van der Waals surface area contributed by atoms with Gasteiger partial charge in [0.2, 0.25) is 0 Å². The van der Waals surface area contributed by atoms with Gasteiger partial charge in [0.05, 0.1) is 5.54 Å². The second kappa shape index (κ2) is 6.15. The second-order valence-electron chi connectivity index (χ2n) is 7.39. The minimum absolute atomic E-state index is 0.0431. The molecule has 23 heavy (non-hydrogen) atoms. The average Bonchev–Trinajstić information content (AvgIpc) is 2.46. The Morgan fingerprint density at radius 3 is 2.00 bits per heavy atom. The normalized spacial score (nSPS) is 12.1. The van der Waals surface area contributed by atoms with Crippen LogP contribution in [0.1, 0.15) is 56.1 Å². The molecule has 2 rings (SSSR count). The highest BCUT2D eigenvalue weighted by molar-refractivity contribution is 5.94. The Labute approximate surface area is 137 Å². The number of rotatable bonds is 3. The van der Waals surface area contributed by atoms with Crippen molar-refractivity contribution in [2.75, 3.05) is 0 Å². The van der Waals surface area contributed by atoms with Gasteiger partial charge in [0.1, 0.15) is 5.82 Å². The zero-order chi connectivity index (χ0) is 17.3. The Bertz CT molecular complexity index is 696. The Hall–Kier alpha value is -2.16. The van der Waals surface area contributed by atoms with Crippen LogP contribution in [0, 0.1) is 5.82 Å². The summed E-state index contributed by atoms with van der Waals surface area (Å²) in [5.74, 6) is -0.528. The van der Waals surface area contributed by atoms with Crippen LogP contribution in [0.4, 0.5) is 4.39 Å². The van der Waals surface area contributed by atoms with E-state index >= 15 is 0 Å². The summed E-state index contributed by atoms with van der Waals surface area (Å²) in [5.41, 5.74) is 1.47. The standard InChI is InChI=1S/C20H24FNO/c1-19(2,3)15-12-10-14(11-13-15)18(23)22-20(4,5)16-8-6-7-9-17(16)21/h6-13H,1-5H3,(H,22,23). The van der Waals surface area contributed by atoms with Crippen molar-refractivity contribution in [3.8, 4) is 0 Å². The lowest BCUT2D eigenvalue weighted by Crippen LogP contribution is -2.41. The molecule has 2 nitrogen and oxygen atoms in total. The van der Waals surface area contributed by atoms with Crippen LogP contribution in [0.3, 0.4) is 0 Å². The molecular weight excluding hydrogens is 289 g/mol. The molecule has 0 unspecified atom stereocenters. The molecule has 0 atom stereocenters. The maximum Gasteiger partial charge on any atom is 0.251 e. The molecule has 1 N–H and O–H groups in total. The highest BCUT2D eigenvalue weighted by Gasteiger charge is 2.26. The van der Waals surface area contributed by atoms with Crippen LogP contribution >= 0.6 is 0 Å². The van der Waals surface area contributed by atoms with Crippen LogP contribution < -0.4 is 5.32 Å².